The third-order valence-electron chi connectivity index (χ3n) is 2.58. The van der Waals surface area contributed by atoms with Gasteiger partial charge in [-0.25, -0.2) is 4.98 Å². The van der Waals surface area contributed by atoms with Crippen LogP contribution in [0.5, 0.6) is 0 Å². The van der Waals surface area contributed by atoms with Crippen LogP contribution in [0.4, 0.5) is 11.6 Å². The number of anilines is 2. The van der Waals surface area contributed by atoms with E-state index < -0.39 is 0 Å². The Kier molecular flexibility index (Phi) is 3.94. The van der Waals surface area contributed by atoms with E-state index in [1.165, 1.54) is 6.07 Å². The highest BCUT2D eigenvalue weighted by Gasteiger charge is 2.01. The molecule has 1 aromatic carbocycles. The van der Waals surface area contributed by atoms with Crippen LogP contribution in [0.25, 0.3) is 0 Å². The second-order valence-corrected chi connectivity index (χ2v) is 4.15. The first kappa shape index (κ1) is 12.8. The molecule has 0 radical (unpaired) electrons. The van der Waals surface area contributed by atoms with Gasteiger partial charge in [-0.2, -0.15) is 5.26 Å². The summed E-state index contributed by atoms with van der Waals surface area (Å²) in [6, 6.07) is 10.5. The smallest absolute Gasteiger partial charge is 0.252 e. The van der Waals surface area contributed by atoms with Crippen molar-refractivity contribution < 1.29 is 0 Å². The van der Waals surface area contributed by atoms with E-state index in [-0.39, 0.29) is 5.56 Å². The van der Waals surface area contributed by atoms with Gasteiger partial charge in [-0.1, -0.05) is 13.3 Å². The number of aromatic nitrogens is 2. The van der Waals surface area contributed by atoms with Crippen LogP contribution < -0.4 is 10.9 Å². The van der Waals surface area contributed by atoms with Crippen molar-refractivity contribution in [2.75, 3.05) is 5.32 Å². The number of hydrogen-bond donors (Lipinski definition) is 2. The minimum Gasteiger partial charge on any atom is -0.326 e. The van der Waals surface area contributed by atoms with Crippen molar-refractivity contribution in [3.63, 3.8) is 0 Å². The summed E-state index contributed by atoms with van der Waals surface area (Å²) in [6.07, 6.45) is 1.71. The van der Waals surface area contributed by atoms with Gasteiger partial charge in [0.1, 0.15) is 0 Å². The highest BCUT2D eigenvalue weighted by Crippen LogP contribution is 2.13. The fourth-order valence-corrected chi connectivity index (χ4v) is 1.72. The number of benzene rings is 1. The number of rotatable bonds is 4. The molecule has 0 aliphatic heterocycles. The van der Waals surface area contributed by atoms with Crippen LogP contribution in [0.15, 0.2) is 35.1 Å². The van der Waals surface area contributed by atoms with Crippen LogP contribution in [0.2, 0.25) is 0 Å². The quantitative estimate of drug-likeness (QED) is 0.877. The molecule has 0 fully saturated rings. The zero-order valence-electron chi connectivity index (χ0n) is 10.6. The summed E-state index contributed by atoms with van der Waals surface area (Å²) in [4.78, 5) is 18.5. The van der Waals surface area contributed by atoms with Gasteiger partial charge in [-0.15, -0.1) is 0 Å². The van der Waals surface area contributed by atoms with Crippen LogP contribution in [0.1, 0.15) is 24.6 Å². The molecule has 0 atom stereocenters. The minimum atomic E-state index is -0.172. The SMILES string of the molecule is CCCc1cc(=O)[nH]c(Nc2ccc(C#N)cc2)n1. The molecule has 0 unspecified atom stereocenters. The van der Waals surface area contributed by atoms with Crippen LogP contribution in [0, 0.1) is 11.3 Å². The molecule has 5 nitrogen and oxygen atoms in total. The Bertz CT molecular complexity index is 652. The number of nitrogens with one attached hydrogen (secondary N) is 2. The topological polar surface area (TPSA) is 81.6 Å². The summed E-state index contributed by atoms with van der Waals surface area (Å²) in [5.74, 6) is 0.417. The number of aryl methyl sites for hydroxylation is 1. The lowest BCUT2D eigenvalue weighted by Crippen LogP contribution is -2.12. The normalized spacial score (nSPS) is 9.89. The highest BCUT2D eigenvalue weighted by atomic mass is 16.1. The largest absolute Gasteiger partial charge is 0.326 e. The standard InChI is InChI=1S/C14H14N4O/c1-2-3-12-8-13(19)18-14(17-12)16-11-6-4-10(9-15)5-7-11/h4-8H,2-3H2,1H3,(H2,16,17,18,19). The fourth-order valence-electron chi connectivity index (χ4n) is 1.72. The lowest BCUT2D eigenvalue weighted by atomic mass is 10.2. The Balaban J connectivity index is 2.22. The summed E-state index contributed by atoms with van der Waals surface area (Å²) < 4.78 is 0. The molecular formula is C14H14N4O. The second-order valence-electron chi connectivity index (χ2n) is 4.15. The monoisotopic (exact) mass is 254 g/mol. The van der Waals surface area contributed by atoms with Gasteiger partial charge in [0, 0.05) is 17.4 Å². The van der Waals surface area contributed by atoms with Crippen LogP contribution in [-0.4, -0.2) is 9.97 Å². The number of aromatic amines is 1. The molecule has 0 saturated heterocycles. The third-order valence-corrected chi connectivity index (χ3v) is 2.58. The number of nitrogens with zero attached hydrogens (tertiary/aromatic N) is 2. The zero-order valence-corrected chi connectivity index (χ0v) is 10.6. The summed E-state index contributed by atoms with van der Waals surface area (Å²) in [5.41, 5.74) is 1.96. The van der Waals surface area contributed by atoms with Crippen LogP contribution >= 0.6 is 0 Å². The molecule has 1 aromatic heterocycles. The highest BCUT2D eigenvalue weighted by molar-refractivity contribution is 5.54. The molecule has 0 aliphatic carbocycles. The lowest BCUT2D eigenvalue weighted by Gasteiger charge is -2.06. The average molecular weight is 254 g/mol. The molecule has 0 aliphatic rings. The molecule has 0 bridgehead atoms. The number of H-pyrrole nitrogens is 1. The molecule has 0 saturated carbocycles. The summed E-state index contributed by atoms with van der Waals surface area (Å²) in [5, 5.41) is 11.7. The van der Waals surface area contributed by atoms with Crippen molar-refractivity contribution in [3.05, 3.63) is 51.9 Å². The summed E-state index contributed by atoms with van der Waals surface area (Å²) in [6.45, 7) is 2.04. The van der Waals surface area contributed by atoms with Gasteiger partial charge < -0.3 is 5.32 Å². The molecule has 2 N–H and O–H groups in total. The molecular weight excluding hydrogens is 240 g/mol. The Hall–Kier alpha value is -2.61. The first-order valence-electron chi connectivity index (χ1n) is 6.08. The molecule has 2 aromatic rings. The first-order valence-corrected chi connectivity index (χ1v) is 6.08. The summed E-state index contributed by atoms with van der Waals surface area (Å²) in [7, 11) is 0. The van der Waals surface area contributed by atoms with E-state index in [1.54, 1.807) is 24.3 Å². The van der Waals surface area contributed by atoms with Gasteiger partial charge in [0.15, 0.2) is 0 Å². The van der Waals surface area contributed by atoms with Gasteiger partial charge in [0.25, 0.3) is 5.56 Å². The maximum atomic E-state index is 11.5. The number of hydrogen-bond acceptors (Lipinski definition) is 4. The van der Waals surface area contributed by atoms with E-state index in [4.69, 9.17) is 5.26 Å². The molecule has 1 heterocycles. The van der Waals surface area contributed by atoms with Crippen molar-refractivity contribution in [3.8, 4) is 6.07 Å². The predicted molar refractivity (Wildman–Crippen MR) is 73.3 cm³/mol. The van der Waals surface area contributed by atoms with E-state index in [2.05, 4.69) is 21.4 Å². The molecule has 5 heteroatoms. The molecule has 0 amide bonds. The first-order chi connectivity index (χ1) is 9.21. The Morgan fingerprint density at radius 1 is 1.37 bits per heavy atom. The Labute approximate surface area is 110 Å². The average Bonchev–Trinajstić information content (AvgIpc) is 2.39. The van der Waals surface area contributed by atoms with Crippen LogP contribution in [-0.2, 0) is 6.42 Å². The molecule has 19 heavy (non-hydrogen) atoms. The molecule has 0 spiro atoms. The maximum absolute atomic E-state index is 11.5. The van der Waals surface area contributed by atoms with Gasteiger partial charge in [-0.05, 0) is 30.7 Å². The zero-order chi connectivity index (χ0) is 13.7. The van der Waals surface area contributed by atoms with E-state index in [0.717, 1.165) is 24.2 Å². The minimum absolute atomic E-state index is 0.172. The van der Waals surface area contributed by atoms with Crippen LogP contribution in [0.3, 0.4) is 0 Å². The van der Waals surface area contributed by atoms with Gasteiger partial charge >= 0.3 is 0 Å². The maximum Gasteiger partial charge on any atom is 0.252 e. The summed E-state index contributed by atoms with van der Waals surface area (Å²) >= 11 is 0. The Morgan fingerprint density at radius 3 is 2.74 bits per heavy atom. The van der Waals surface area contributed by atoms with Crippen molar-refractivity contribution in [2.24, 2.45) is 0 Å². The van der Waals surface area contributed by atoms with E-state index in [0.29, 0.717) is 11.5 Å². The van der Waals surface area contributed by atoms with E-state index in [1.807, 2.05) is 6.92 Å². The second kappa shape index (κ2) is 5.83. The predicted octanol–water partition coefficient (Wildman–Crippen LogP) is 2.34. The van der Waals surface area contributed by atoms with Gasteiger partial charge in [0.05, 0.1) is 11.6 Å². The van der Waals surface area contributed by atoms with Gasteiger partial charge in [0.2, 0.25) is 5.95 Å². The number of nitriles is 1. The van der Waals surface area contributed by atoms with E-state index >= 15 is 0 Å². The third kappa shape index (κ3) is 3.42. The lowest BCUT2D eigenvalue weighted by molar-refractivity contribution is 0.870. The fraction of sp³-hybridized carbons (Fsp3) is 0.214. The van der Waals surface area contributed by atoms with Crippen molar-refractivity contribution in [1.82, 2.24) is 9.97 Å². The molecule has 2 rings (SSSR count). The van der Waals surface area contributed by atoms with E-state index in [9.17, 15) is 4.79 Å². The van der Waals surface area contributed by atoms with Gasteiger partial charge in [-0.3, -0.25) is 9.78 Å². The van der Waals surface area contributed by atoms with Crippen molar-refractivity contribution in [1.29, 1.82) is 5.26 Å². The molecule has 96 valence electrons. The van der Waals surface area contributed by atoms with Crippen molar-refractivity contribution >= 4 is 11.6 Å². The Morgan fingerprint density at radius 2 is 2.11 bits per heavy atom. The van der Waals surface area contributed by atoms with Crippen molar-refractivity contribution in [2.45, 2.75) is 19.8 Å².